The van der Waals surface area contributed by atoms with E-state index in [-0.39, 0.29) is 30.3 Å². The first-order chi connectivity index (χ1) is 21.7. The van der Waals surface area contributed by atoms with Crippen LogP contribution in [-0.2, 0) is 27.5 Å². The fourth-order valence-electron chi connectivity index (χ4n) is 4.96. The topological polar surface area (TPSA) is 158 Å². The van der Waals surface area contributed by atoms with Gasteiger partial charge in [-0.3, -0.25) is 24.6 Å². The van der Waals surface area contributed by atoms with Crippen molar-refractivity contribution in [2.45, 2.75) is 37.9 Å². The Morgan fingerprint density at radius 2 is 1.80 bits per heavy atom. The summed E-state index contributed by atoms with van der Waals surface area (Å²) in [7, 11) is 0. The van der Waals surface area contributed by atoms with Crippen molar-refractivity contribution in [1.29, 1.82) is 0 Å². The number of nitrogens with one attached hydrogen (secondary N) is 3. The summed E-state index contributed by atoms with van der Waals surface area (Å²) >= 11 is 1.35. The fourth-order valence-corrected chi connectivity index (χ4v) is 6.30. The molecular formula is C32H32N5O7S+. The number of thioether (sulfide) groups is 1. The first kappa shape index (κ1) is 31.3. The van der Waals surface area contributed by atoms with Gasteiger partial charge in [0.1, 0.15) is 29.3 Å². The molecule has 2 aromatic carbocycles. The minimum absolute atomic E-state index is 0.0853. The van der Waals surface area contributed by atoms with Crippen LogP contribution in [0.1, 0.15) is 39.6 Å². The zero-order valence-electron chi connectivity index (χ0n) is 24.4. The average Bonchev–Trinajstić information content (AvgIpc) is 3.05. The standard InChI is InChI=1S/C32H31N5O7S/c1-2-13-33-27(38)22-11-7-14-36(16-22)17-23-19-45-30-25(29(40)37(30)26(23)31(41)42)35-28(39)21-10-6-12-24(15-21)34-32(43)44-18-20-8-4-3-5-9-20/h3-12,14-16,25,30H,2,13,17-19H2,1H3,(H3-,33,34,35,38,39,41,42,43)/p+1/t25?,30-/m0/s1. The number of carboxylic acid groups (broad SMARTS) is 1. The van der Waals surface area contributed by atoms with E-state index in [1.54, 1.807) is 47.3 Å². The molecular weight excluding hydrogens is 598 g/mol. The Balaban J connectivity index is 1.22. The molecule has 3 heterocycles. The lowest BCUT2D eigenvalue weighted by Crippen LogP contribution is -2.70. The summed E-state index contributed by atoms with van der Waals surface area (Å²) in [6.45, 7) is 2.75. The number of carboxylic acids is 1. The number of amides is 4. The molecule has 2 aliphatic rings. The van der Waals surface area contributed by atoms with Crippen LogP contribution in [-0.4, -0.2) is 63.5 Å². The molecule has 13 heteroatoms. The number of benzene rings is 2. The third kappa shape index (κ3) is 7.32. The first-order valence-electron chi connectivity index (χ1n) is 14.3. The fraction of sp³-hybridized carbons (Fsp3) is 0.250. The zero-order chi connectivity index (χ0) is 31.9. The minimum atomic E-state index is -1.25. The Morgan fingerprint density at radius 1 is 1.02 bits per heavy atom. The van der Waals surface area contributed by atoms with E-state index in [4.69, 9.17) is 4.74 Å². The van der Waals surface area contributed by atoms with E-state index >= 15 is 0 Å². The van der Waals surface area contributed by atoms with Gasteiger partial charge in [0.15, 0.2) is 18.9 Å². The smallest absolute Gasteiger partial charge is 0.411 e. The highest BCUT2D eigenvalue weighted by molar-refractivity contribution is 8.00. The molecule has 3 aromatic rings. The molecule has 5 rings (SSSR count). The Bertz CT molecular complexity index is 1660. The van der Waals surface area contributed by atoms with Gasteiger partial charge in [-0.05, 0) is 36.2 Å². The summed E-state index contributed by atoms with van der Waals surface area (Å²) in [5, 5.41) is 17.6. The maximum atomic E-state index is 13.2. The third-order valence-electron chi connectivity index (χ3n) is 7.15. The number of fused-ring (bicyclic) bond motifs is 1. The second-order valence-electron chi connectivity index (χ2n) is 10.4. The van der Waals surface area contributed by atoms with Crippen molar-refractivity contribution in [1.82, 2.24) is 15.5 Å². The van der Waals surface area contributed by atoms with Crippen molar-refractivity contribution in [3.63, 3.8) is 0 Å². The molecule has 4 amide bonds. The number of aromatic nitrogens is 1. The highest BCUT2D eigenvalue weighted by atomic mass is 32.2. The van der Waals surface area contributed by atoms with E-state index in [0.717, 1.165) is 12.0 Å². The summed E-state index contributed by atoms with van der Waals surface area (Å²) in [6.07, 6.45) is 3.48. The van der Waals surface area contributed by atoms with Crippen molar-refractivity contribution in [2.75, 3.05) is 17.6 Å². The molecule has 0 saturated carbocycles. The maximum absolute atomic E-state index is 13.2. The van der Waals surface area contributed by atoms with Crippen LogP contribution in [0, 0.1) is 0 Å². The highest BCUT2D eigenvalue weighted by Gasteiger charge is 2.54. The lowest BCUT2D eigenvalue weighted by atomic mass is 10.0. The predicted octanol–water partition coefficient (Wildman–Crippen LogP) is 2.92. The predicted molar refractivity (Wildman–Crippen MR) is 165 cm³/mol. The Morgan fingerprint density at radius 3 is 2.56 bits per heavy atom. The number of nitrogens with zero attached hydrogens (tertiary/aromatic N) is 2. The van der Waals surface area contributed by atoms with Gasteiger partial charge in [-0.25, -0.2) is 14.2 Å². The SMILES string of the molecule is CCCNC(=O)c1ccc[n+](CC2=C(C(=O)O)N3C(=O)C(NC(=O)c4cccc(NC(=O)OCc5ccccc5)c4)[C@@H]3SC2)c1. The molecule has 0 spiro atoms. The Hall–Kier alpha value is -5.17. The lowest BCUT2D eigenvalue weighted by Gasteiger charge is -2.49. The molecule has 1 aromatic heterocycles. The van der Waals surface area contributed by atoms with Crippen LogP contribution in [0.15, 0.2) is 90.4 Å². The molecule has 12 nitrogen and oxygen atoms in total. The molecule has 0 bridgehead atoms. The maximum Gasteiger partial charge on any atom is 0.411 e. The van der Waals surface area contributed by atoms with E-state index in [0.29, 0.717) is 29.1 Å². The van der Waals surface area contributed by atoms with Crippen LogP contribution in [0.3, 0.4) is 0 Å². The number of carbonyl (C=O) groups excluding carboxylic acids is 4. The summed E-state index contributed by atoms with van der Waals surface area (Å²) in [5.41, 5.74) is 2.19. The Kier molecular flexibility index (Phi) is 9.78. The van der Waals surface area contributed by atoms with Gasteiger partial charge in [-0.2, -0.15) is 0 Å². The van der Waals surface area contributed by atoms with Gasteiger partial charge in [-0.1, -0.05) is 43.3 Å². The molecule has 4 N–H and O–H groups in total. The molecule has 2 aliphatic heterocycles. The van der Waals surface area contributed by atoms with E-state index in [9.17, 15) is 29.1 Å². The normalized spacial score (nSPS) is 17.1. The zero-order valence-corrected chi connectivity index (χ0v) is 25.2. The van der Waals surface area contributed by atoms with Crippen molar-refractivity contribution in [3.05, 3.63) is 107 Å². The number of carbonyl (C=O) groups is 5. The van der Waals surface area contributed by atoms with Crippen LogP contribution in [0.5, 0.6) is 0 Å². The number of rotatable bonds is 11. The lowest BCUT2D eigenvalue weighted by molar-refractivity contribution is -0.689. The number of hydrogen-bond acceptors (Lipinski definition) is 7. The van der Waals surface area contributed by atoms with Crippen molar-refractivity contribution in [2.24, 2.45) is 0 Å². The van der Waals surface area contributed by atoms with Crippen LogP contribution >= 0.6 is 11.8 Å². The van der Waals surface area contributed by atoms with Gasteiger partial charge in [0, 0.05) is 35.2 Å². The van der Waals surface area contributed by atoms with Crippen molar-refractivity contribution < 1.29 is 38.4 Å². The van der Waals surface area contributed by atoms with E-state index in [2.05, 4.69) is 16.0 Å². The van der Waals surface area contributed by atoms with Gasteiger partial charge < -0.3 is 20.5 Å². The van der Waals surface area contributed by atoms with E-state index in [1.807, 2.05) is 37.3 Å². The molecule has 1 unspecified atom stereocenters. The second kappa shape index (κ2) is 14.1. The molecule has 232 valence electrons. The van der Waals surface area contributed by atoms with Gasteiger partial charge in [0.25, 0.3) is 17.7 Å². The molecule has 0 aliphatic carbocycles. The molecule has 45 heavy (non-hydrogen) atoms. The van der Waals surface area contributed by atoms with Crippen LogP contribution < -0.4 is 20.5 Å². The molecule has 2 atom stereocenters. The summed E-state index contributed by atoms with van der Waals surface area (Å²) in [4.78, 5) is 64.4. The summed E-state index contributed by atoms with van der Waals surface area (Å²) < 4.78 is 6.94. The van der Waals surface area contributed by atoms with Gasteiger partial charge >= 0.3 is 12.1 Å². The number of hydrogen-bond donors (Lipinski definition) is 4. The van der Waals surface area contributed by atoms with E-state index in [1.165, 1.54) is 22.7 Å². The first-order valence-corrected chi connectivity index (χ1v) is 15.4. The quantitative estimate of drug-likeness (QED) is 0.186. The minimum Gasteiger partial charge on any atom is -0.477 e. The summed E-state index contributed by atoms with van der Waals surface area (Å²) in [5.74, 6) is -2.24. The van der Waals surface area contributed by atoms with Gasteiger partial charge in [0.2, 0.25) is 0 Å². The van der Waals surface area contributed by atoms with Gasteiger partial charge in [0.05, 0.1) is 0 Å². The van der Waals surface area contributed by atoms with Crippen LogP contribution in [0.25, 0.3) is 0 Å². The number of aliphatic carboxylic acids is 1. The number of ether oxygens (including phenoxy) is 1. The average molecular weight is 631 g/mol. The van der Waals surface area contributed by atoms with Crippen LogP contribution in [0.4, 0.5) is 10.5 Å². The number of anilines is 1. The Labute approximate surface area is 263 Å². The second-order valence-corrected chi connectivity index (χ2v) is 11.5. The number of pyridine rings is 1. The van der Waals surface area contributed by atoms with Crippen molar-refractivity contribution in [3.8, 4) is 0 Å². The molecule has 0 radical (unpaired) electrons. The third-order valence-corrected chi connectivity index (χ3v) is 8.49. The summed E-state index contributed by atoms with van der Waals surface area (Å²) in [6, 6.07) is 17.8. The molecule has 1 fully saturated rings. The number of β-lactam (4-membered cyclic amide) rings is 1. The largest absolute Gasteiger partial charge is 0.477 e. The van der Waals surface area contributed by atoms with Gasteiger partial charge in [-0.15, -0.1) is 11.8 Å². The van der Waals surface area contributed by atoms with Crippen LogP contribution in [0.2, 0.25) is 0 Å². The van der Waals surface area contributed by atoms with Crippen molar-refractivity contribution >= 4 is 47.2 Å². The highest BCUT2D eigenvalue weighted by Crippen LogP contribution is 2.40. The monoisotopic (exact) mass is 630 g/mol. The molecule has 1 saturated heterocycles. The van der Waals surface area contributed by atoms with E-state index < -0.39 is 35.3 Å².